The van der Waals surface area contributed by atoms with Crippen molar-refractivity contribution in [3.8, 4) is 0 Å². The second kappa shape index (κ2) is 8.81. The lowest BCUT2D eigenvalue weighted by molar-refractivity contribution is -0.123. The van der Waals surface area contributed by atoms with E-state index in [0.717, 1.165) is 37.1 Å². The zero-order valence-corrected chi connectivity index (χ0v) is 15.9. The highest BCUT2D eigenvalue weighted by molar-refractivity contribution is 5.92. The zero-order chi connectivity index (χ0) is 19.2. The number of nitrogens with zero attached hydrogens (tertiary/aromatic N) is 3. The quantitative estimate of drug-likeness (QED) is 0.811. The van der Waals surface area contributed by atoms with Gasteiger partial charge in [0.25, 0.3) is 5.91 Å². The largest absolute Gasteiger partial charge is 0.354 e. The summed E-state index contributed by atoms with van der Waals surface area (Å²) in [7, 11) is 3.55. The molecule has 1 aliphatic rings. The molecule has 0 spiro atoms. The first-order valence-electron chi connectivity index (χ1n) is 9.37. The lowest BCUT2D eigenvalue weighted by Gasteiger charge is -2.35. The van der Waals surface area contributed by atoms with Crippen LogP contribution in [0.5, 0.6) is 0 Å². The summed E-state index contributed by atoms with van der Waals surface area (Å²) in [6, 6.07) is 7.80. The van der Waals surface area contributed by atoms with Crippen molar-refractivity contribution in [3.05, 3.63) is 53.6 Å². The van der Waals surface area contributed by atoms with Gasteiger partial charge in [0.05, 0.1) is 12.6 Å². The Morgan fingerprint density at radius 2 is 2.11 bits per heavy atom. The molecule has 0 radical (unpaired) electrons. The molecule has 1 atom stereocenters. The fraction of sp³-hybridized carbons (Fsp3) is 0.450. The molecule has 0 saturated carbocycles. The van der Waals surface area contributed by atoms with E-state index in [2.05, 4.69) is 20.5 Å². The van der Waals surface area contributed by atoms with E-state index in [0.29, 0.717) is 18.8 Å². The van der Waals surface area contributed by atoms with Crippen molar-refractivity contribution >= 4 is 11.8 Å². The number of hydrogen-bond acceptors (Lipinski definition) is 4. The number of aromatic nitrogens is 2. The predicted octanol–water partition coefficient (Wildman–Crippen LogP) is 1.62. The molecule has 144 valence electrons. The monoisotopic (exact) mass is 369 g/mol. The minimum absolute atomic E-state index is 0.00601. The van der Waals surface area contributed by atoms with Gasteiger partial charge >= 0.3 is 0 Å². The van der Waals surface area contributed by atoms with Crippen LogP contribution in [-0.2, 0) is 18.4 Å². The lowest BCUT2D eigenvalue weighted by atomic mass is 9.99. The minimum atomic E-state index is -0.0969. The highest BCUT2D eigenvalue weighted by Gasteiger charge is 2.28. The first-order valence-corrected chi connectivity index (χ1v) is 9.37. The van der Waals surface area contributed by atoms with Crippen molar-refractivity contribution in [2.45, 2.75) is 31.8 Å². The van der Waals surface area contributed by atoms with E-state index < -0.39 is 0 Å². The van der Waals surface area contributed by atoms with E-state index in [4.69, 9.17) is 0 Å². The first-order chi connectivity index (χ1) is 13.1. The van der Waals surface area contributed by atoms with Gasteiger partial charge in [-0.3, -0.25) is 19.5 Å². The van der Waals surface area contributed by atoms with Gasteiger partial charge in [0.15, 0.2) is 0 Å². The van der Waals surface area contributed by atoms with E-state index in [1.54, 1.807) is 19.4 Å². The molecule has 3 rings (SSSR count). The number of rotatable bonds is 6. The molecule has 0 bridgehead atoms. The van der Waals surface area contributed by atoms with E-state index in [1.807, 2.05) is 35.9 Å². The number of hydrogen-bond donors (Lipinski definition) is 2. The fourth-order valence-electron chi connectivity index (χ4n) is 3.68. The van der Waals surface area contributed by atoms with Gasteiger partial charge in [-0.15, -0.1) is 0 Å². The molecule has 0 aliphatic carbocycles. The van der Waals surface area contributed by atoms with Gasteiger partial charge in [-0.1, -0.05) is 12.5 Å². The van der Waals surface area contributed by atoms with Crippen molar-refractivity contribution in [3.63, 3.8) is 0 Å². The van der Waals surface area contributed by atoms with E-state index >= 15 is 0 Å². The molecule has 2 N–H and O–H groups in total. The molecule has 1 aliphatic heterocycles. The first kappa shape index (κ1) is 19.1. The molecule has 0 unspecified atom stereocenters. The highest BCUT2D eigenvalue weighted by atomic mass is 16.2. The van der Waals surface area contributed by atoms with Crippen molar-refractivity contribution in [2.75, 3.05) is 20.1 Å². The molecule has 7 nitrogen and oxygen atoms in total. The third-order valence-corrected chi connectivity index (χ3v) is 5.13. The smallest absolute Gasteiger partial charge is 0.267 e. The van der Waals surface area contributed by atoms with Crippen molar-refractivity contribution in [2.24, 2.45) is 7.05 Å². The van der Waals surface area contributed by atoms with Crippen molar-refractivity contribution in [1.82, 2.24) is 25.1 Å². The van der Waals surface area contributed by atoms with Gasteiger partial charge in [-0.2, -0.15) is 0 Å². The van der Waals surface area contributed by atoms with Crippen LogP contribution in [-0.4, -0.2) is 46.4 Å². The Bertz CT molecular complexity index is 787. The molecular weight excluding hydrogens is 342 g/mol. The van der Waals surface area contributed by atoms with Gasteiger partial charge in [-0.25, -0.2) is 0 Å². The Hall–Kier alpha value is -2.67. The normalized spacial score (nSPS) is 17.5. The van der Waals surface area contributed by atoms with Gasteiger partial charge in [0.1, 0.15) is 5.69 Å². The second-order valence-corrected chi connectivity index (χ2v) is 6.90. The summed E-state index contributed by atoms with van der Waals surface area (Å²) in [5, 5.41) is 5.65. The number of carbonyl (C=O) groups excluding carboxylic acids is 2. The molecule has 1 fully saturated rings. The maximum atomic E-state index is 12.5. The van der Waals surface area contributed by atoms with Gasteiger partial charge in [-0.05, 0) is 43.1 Å². The molecule has 2 aromatic rings. The van der Waals surface area contributed by atoms with Gasteiger partial charge in [0.2, 0.25) is 5.91 Å². The summed E-state index contributed by atoms with van der Waals surface area (Å²) in [6.07, 6.45) is 6.67. The number of piperidine rings is 1. The third kappa shape index (κ3) is 4.54. The molecule has 2 amide bonds. The summed E-state index contributed by atoms with van der Waals surface area (Å²) in [4.78, 5) is 30.7. The van der Waals surface area contributed by atoms with Gasteiger partial charge < -0.3 is 15.2 Å². The van der Waals surface area contributed by atoms with E-state index in [9.17, 15) is 9.59 Å². The summed E-state index contributed by atoms with van der Waals surface area (Å²) in [6.45, 7) is 1.72. The number of pyridine rings is 1. The average molecular weight is 369 g/mol. The van der Waals surface area contributed by atoms with E-state index in [1.165, 1.54) is 0 Å². The topological polar surface area (TPSA) is 79.3 Å². The molecule has 2 aromatic heterocycles. The number of nitrogens with one attached hydrogen (secondary N) is 2. The van der Waals surface area contributed by atoms with Crippen molar-refractivity contribution < 1.29 is 9.59 Å². The maximum Gasteiger partial charge on any atom is 0.267 e. The summed E-state index contributed by atoms with van der Waals surface area (Å²) in [5.74, 6) is -0.0909. The summed E-state index contributed by atoms with van der Waals surface area (Å²) >= 11 is 0. The Morgan fingerprint density at radius 1 is 1.26 bits per heavy atom. The SMILES string of the molecule is CNC(=O)c1ccc([C@@H]2CCCCN2CC(=O)NCc2cccnc2)n1C. The zero-order valence-electron chi connectivity index (χ0n) is 15.9. The molecule has 7 heteroatoms. The fourth-order valence-corrected chi connectivity index (χ4v) is 3.68. The number of carbonyl (C=O) groups is 2. The molecule has 1 saturated heterocycles. The Labute approximate surface area is 159 Å². The van der Waals surface area contributed by atoms with Crippen LogP contribution in [0.25, 0.3) is 0 Å². The molecule has 27 heavy (non-hydrogen) atoms. The van der Waals surface area contributed by atoms with Crippen molar-refractivity contribution in [1.29, 1.82) is 0 Å². The second-order valence-electron chi connectivity index (χ2n) is 6.90. The average Bonchev–Trinajstić information content (AvgIpc) is 3.08. The Balaban J connectivity index is 1.66. The highest BCUT2D eigenvalue weighted by Crippen LogP contribution is 2.31. The van der Waals surface area contributed by atoms with Crippen LogP contribution in [0.15, 0.2) is 36.7 Å². The Morgan fingerprint density at radius 3 is 2.85 bits per heavy atom. The van der Waals surface area contributed by atoms with Crippen LogP contribution < -0.4 is 10.6 Å². The standard InChI is InChI=1S/C20H27N5O2/c1-21-20(27)18-9-8-16(24(18)2)17-7-3-4-11-25(17)14-19(26)23-13-15-6-5-10-22-12-15/h5-6,8-10,12,17H,3-4,7,11,13-14H2,1-2H3,(H,21,27)(H,23,26)/t17-/m0/s1. The van der Waals surface area contributed by atoms with Crippen LogP contribution >= 0.6 is 0 Å². The maximum absolute atomic E-state index is 12.5. The van der Waals surface area contributed by atoms with Gasteiger partial charge in [0, 0.05) is 38.7 Å². The van der Waals surface area contributed by atoms with Crippen LogP contribution in [0, 0.1) is 0 Å². The predicted molar refractivity (Wildman–Crippen MR) is 103 cm³/mol. The summed E-state index contributed by atoms with van der Waals surface area (Å²) in [5.41, 5.74) is 2.70. The van der Waals surface area contributed by atoms with Crippen LogP contribution in [0.2, 0.25) is 0 Å². The lowest BCUT2D eigenvalue weighted by Crippen LogP contribution is -2.42. The minimum Gasteiger partial charge on any atom is -0.354 e. The molecule has 3 heterocycles. The summed E-state index contributed by atoms with van der Waals surface area (Å²) < 4.78 is 1.94. The third-order valence-electron chi connectivity index (χ3n) is 5.13. The van der Waals surface area contributed by atoms with Crippen LogP contribution in [0.3, 0.4) is 0 Å². The number of amides is 2. The van der Waals surface area contributed by atoms with Crippen LogP contribution in [0.1, 0.15) is 47.1 Å². The van der Waals surface area contributed by atoms with Crippen LogP contribution in [0.4, 0.5) is 0 Å². The molecular formula is C20H27N5O2. The molecule has 0 aromatic carbocycles. The van der Waals surface area contributed by atoms with E-state index in [-0.39, 0.29) is 17.9 Å². The number of likely N-dealkylation sites (tertiary alicyclic amines) is 1. The Kier molecular flexibility index (Phi) is 6.24.